The van der Waals surface area contributed by atoms with Crippen molar-refractivity contribution in [2.24, 2.45) is 0 Å². The quantitative estimate of drug-likeness (QED) is 0.740. The van der Waals surface area contributed by atoms with Crippen LogP contribution < -0.4 is 5.56 Å². The number of alkyl halides is 3. The monoisotopic (exact) mass is 362 g/mol. The largest absolute Gasteiger partial charge is 0.418 e. The van der Waals surface area contributed by atoms with Gasteiger partial charge in [0.2, 0.25) is 0 Å². The number of halogens is 5. The van der Waals surface area contributed by atoms with Crippen LogP contribution in [0, 0.1) is 5.82 Å². The number of hydrogen-bond donors (Lipinski definition) is 0. The molecule has 0 bridgehead atoms. The molecule has 0 aliphatic rings. The number of rotatable bonds is 3. The van der Waals surface area contributed by atoms with Crippen LogP contribution in [0.4, 0.5) is 17.6 Å². The Balaban J connectivity index is 2.75. The van der Waals surface area contributed by atoms with Crippen molar-refractivity contribution in [1.82, 2.24) is 9.78 Å². The predicted octanol–water partition coefficient (Wildman–Crippen LogP) is 4.73. The van der Waals surface area contributed by atoms with E-state index in [2.05, 4.69) is 5.10 Å². The minimum absolute atomic E-state index is 0.0624. The van der Waals surface area contributed by atoms with E-state index in [1.807, 2.05) is 13.8 Å². The molecule has 0 aliphatic heterocycles. The highest BCUT2D eigenvalue weighted by molar-refractivity contribution is 6.31. The van der Waals surface area contributed by atoms with Gasteiger partial charge in [-0.05, 0) is 30.0 Å². The van der Waals surface area contributed by atoms with Crippen molar-refractivity contribution >= 4 is 11.6 Å². The van der Waals surface area contributed by atoms with Crippen LogP contribution in [0.2, 0.25) is 5.02 Å². The molecule has 24 heavy (non-hydrogen) atoms. The second kappa shape index (κ2) is 6.55. The molecule has 0 N–H and O–H groups in total. The summed E-state index contributed by atoms with van der Waals surface area (Å²) in [5, 5.41) is 3.70. The molecule has 0 fully saturated rings. The van der Waals surface area contributed by atoms with Crippen molar-refractivity contribution in [1.29, 1.82) is 0 Å². The van der Waals surface area contributed by atoms with Crippen molar-refractivity contribution in [3.63, 3.8) is 0 Å². The second-order valence-electron chi connectivity index (χ2n) is 5.58. The van der Waals surface area contributed by atoms with Crippen LogP contribution in [0.3, 0.4) is 0 Å². The summed E-state index contributed by atoms with van der Waals surface area (Å²) in [6.07, 6.45) is -4.30. The lowest BCUT2D eigenvalue weighted by molar-refractivity contribution is -0.138. The van der Waals surface area contributed by atoms with E-state index in [1.54, 1.807) is 0 Å². The molecule has 0 atom stereocenters. The van der Waals surface area contributed by atoms with Crippen molar-refractivity contribution in [2.45, 2.75) is 39.3 Å². The molecule has 0 aliphatic carbocycles. The fourth-order valence-electron chi connectivity index (χ4n) is 2.40. The van der Waals surface area contributed by atoms with Gasteiger partial charge < -0.3 is 0 Å². The summed E-state index contributed by atoms with van der Waals surface area (Å²) in [6.45, 7) is 5.07. The first-order valence-electron chi connectivity index (χ1n) is 7.25. The van der Waals surface area contributed by atoms with Crippen LogP contribution in [0.15, 0.2) is 23.1 Å². The van der Waals surface area contributed by atoms with Gasteiger partial charge in [0.25, 0.3) is 5.56 Å². The molecule has 2 rings (SSSR count). The predicted molar refractivity (Wildman–Crippen MR) is 83.3 cm³/mol. The lowest BCUT2D eigenvalue weighted by atomic mass is 10.0. The van der Waals surface area contributed by atoms with Crippen LogP contribution in [0.1, 0.15) is 43.4 Å². The van der Waals surface area contributed by atoms with Gasteiger partial charge in [0.15, 0.2) is 5.82 Å². The Morgan fingerprint density at radius 1 is 1.29 bits per heavy atom. The van der Waals surface area contributed by atoms with Gasteiger partial charge in [0.05, 0.1) is 11.8 Å². The Morgan fingerprint density at radius 2 is 1.92 bits per heavy atom. The molecule has 2 aromatic rings. The lowest BCUT2D eigenvalue weighted by Gasteiger charge is -2.15. The molecule has 0 unspecified atom stereocenters. The fraction of sp³-hybridized carbons (Fsp3) is 0.375. The highest BCUT2D eigenvalue weighted by Gasteiger charge is 2.35. The standard InChI is InChI=1S/C16H15ClF4N2O/c1-4-9-11(16(19,20)21)7-22-23(15(9)24)14-5-10(8(2)3)12(17)6-13(14)18/h5-8H,4H2,1-3H3. The summed E-state index contributed by atoms with van der Waals surface area (Å²) < 4.78 is 53.8. The van der Waals surface area contributed by atoms with E-state index in [4.69, 9.17) is 11.6 Å². The SMILES string of the molecule is CCc1c(C(F)(F)F)cnn(-c2cc(C(C)C)c(Cl)cc2F)c1=O. The first-order valence-corrected chi connectivity index (χ1v) is 7.63. The Kier molecular flexibility index (Phi) is 5.03. The molecule has 0 saturated heterocycles. The molecular formula is C16H15ClF4N2O. The van der Waals surface area contributed by atoms with Gasteiger partial charge in [-0.25, -0.2) is 4.39 Å². The summed E-state index contributed by atoms with van der Waals surface area (Å²) in [6, 6.07) is 2.37. The number of hydrogen-bond acceptors (Lipinski definition) is 2. The van der Waals surface area contributed by atoms with E-state index in [0.717, 1.165) is 6.07 Å². The first kappa shape index (κ1) is 18.4. The van der Waals surface area contributed by atoms with Gasteiger partial charge in [-0.15, -0.1) is 0 Å². The molecule has 0 spiro atoms. The zero-order valence-electron chi connectivity index (χ0n) is 13.2. The molecule has 1 heterocycles. The minimum Gasteiger partial charge on any atom is -0.267 e. The molecule has 8 heteroatoms. The number of aromatic nitrogens is 2. The normalized spacial score (nSPS) is 12.0. The smallest absolute Gasteiger partial charge is 0.267 e. The minimum atomic E-state index is -4.70. The van der Waals surface area contributed by atoms with Crippen molar-refractivity contribution in [2.75, 3.05) is 0 Å². The van der Waals surface area contributed by atoms with Gasteiger partial charge in [0.1, 0.15) is 5.69 Å². The molecule has 0 radical (unpaired) electrons. The molecule has 130 valence electrons. The third-order valence-electron chi connectivity index (χ3n) is 3.65. The molecule has 0 saturated carbocycles. The summed E-state index contributed by atoms with van der Waals surface area (Å²) in [5.74, 6) is -0.895. The van der Waals surface area contributed by atoms with Crippen LogP contribution in [-0.4, -0.2) is 9.78 Å². The molecule has 0 amide bonds. The van der Waals surface area contributed by atoms with Crippen LogP contribution >= 0.6 is 11.6 Å². The topological polar surface area (TPSA) is 34.9 Å². The highest BCUT2D eigenvalue weighted by atomic mass is 35.5. The van der Waals surface area contributed by atoms with Crippen molar-refractivity contribution in [3.8, 4) is 5.69 Å². The average Bonchev–Trinajstić information content (AvgIpc) is 2.46. The molecule has 1 aromatic heterocycles. The second-order valence-corrected chi connectivity index (χ2v) is 5.99. The van der Waals surface area contributed by atoms with E-state index in [9.17, 15) is 22.4 Å². The number of benzene rings is 1. The fourth-order valence-corrected chi connectivity index (χ4v) is 2.77. The Hall–Kier alpha value is -1.89. The maximum Gasteiger partial charge on any atom is 0.418 e. The van der Waals surface area contributed by atoms with Crippen molar-refractivity contribution in [3.05, 3.63) is 56.2 Å². The zero-order valence-corrected chi connectivity index (χ0v) is 14.0. The Labute approximate surface area is 140 Å². The van der Waals surface area contributed by atoms with Crippen LogP contribution in [-0.2, 0) is 12.6 Å². The molecular weight excluding hydrogens is 348 g/mol. The number of nitrogens with zero attached hydrogens (tertiary/aromatic N) is 2. The maximum atomic E-state index is 14.2. The third-order valence-corrected chi connectivity index (χ3v) is 3.98. The summed E-state index contributed by atoms with van der Waals surface area (Å²) in [4.78, 5) is 12.4. The third kappa shape index (κ3) is 3.31. The summed E-state index contributed by atoms with van der Waals surface area (Å²) >= 11 is 5.97. The summed E-state index contributed by atoms with van der Waals surface area (Å²) in [7, 11) is 0. The highest BCUT2D eigenvalue weighted by Crippen LogP contribution is 2.31. The van der Waals surface area contributed by atoms with Gasteiger partial charge in [-0.1, -0.05) is 32.4 Å². The Bertz CT molecular complexity index is 828. The van der Waals surface area contributed by atoms with E-state index in [0.29, 0.717) is 16.4 Å². The van der Waals surface area contributed by atoms with Gasteiger partial charge >= 0.3 is 6.18 Å². The van der Waals surface area contributed by atoms with E-state index in [-0.39, 0.29) is 23.0 Å². The first-order chi connectivity index (χ1) is 11.1. The van der Waals surface area contributed by atoms with Gasteiger partial charge in [-0.2, -0.15) is 23.0 Å². The van der Waals surface area contributed by atoms with Gasteiger partial charge in [0, 0.05) is 10.6 Å². The zero-order chi connectivity index (χ0) is 18.2. The van der Waals surface area contributed by atoms with Crippen molar-refractivity contribution < 1.29 is 17.6 Å². The van der Waals surface area contributed by atoms with E-state index < -0.39 is 28.7 Å². The molecule has 3 nitrogen and oxygen atoms in total. The Morgan fingerprint density at radius 3 is 2.42 bits per heavy atom. The summed E-state index contributed by atoms with van der Waals surface area (Å²) in [5.41, 5.74) is -2.22. The molecule has 1 aromatic carbocycles. The lowest BCUT2D eigenvalue weighted by Crippen LogP contribution is -2.29. The average molecular weight is 363 g/mol. The maximum absolute atomic E-state index is 14.2. The van der Waals surface area contributed by atoms with Crippen LogP contribution in [0.5, 0.6) is 0 Å². The van der Waals surface area contributed by atoms with Gasteiger partial charge in [-0.3, -0.25) is 4.79 Å². The van der Waals surface area contributed by atoms with Crippen LogP contribution in [0.25, 0.3) is 5.69 Å². The van der Waals surface area contributed by atoms with E-state index >= 15 is 0 Å². The van der Waals surface area contributed by atoms with E-state index in [1.165, 1.54) is 13.0 Å².